The zero-order valence-corrected chi connectivity index (χ0v) is 12.4. The van der Waals surface area contributed by atoms with Crippen LogP contribution in [0.2, 0.25) is 0 Å². The number of halogens is 3. The van der Waals surface area contributed by atoms with Crippen LogP contribution in [0.25, 0.3) is 0 Å². The standard InChI is InChI=1S/C14H12F2INO/c1-10-7-13(19)18(8-12(10)17)9-14(15,16)11-5-3-2-4-6-11/h2-8H,9H2,1H3. The van der Waals surface area contributed by atoms with Crippen molar-refractivity contribution in [2.24, 2.45) is 0 Å². The molecule has 0 bridgehead atoms. The summed E-state index contributed by atoms with van der Waals surface area (Å²) >= 11 is 2.03. The number of rotatable bonds is 3. The van der Waals surface area contributed by atoms with Gasteiger partial charge in [-0.1, -0.05) is 30.3 Å². The maximum absolute atomic E-state index is 14.1. The largest absolute Gasteiger partial charge is 0.308 e. The Balaban J connectivity index is 2.36. The molecule has 0 fully saturated rings. The van der Waals surface area contributed by atoms with Crippen molar-refractivity contribution < 1.29 is 8.78 Å². The fraction of sp³-hybridized carbons (Fsp3) is 0.214. The highest BCUT2D eigenvalue weighted by molar-refractivity contribution is 14.1. The van der Waals surface area contributed by atoms with Gasteiger partial charge in [0, 0.05) is 21.4 Å². The van der Waals surface area contributed by atoms with E-state index < -0.39 is 18.0 Å². The fourth-order valence-corrected chi connectivity index (χ4v) is 2.24. The molecule has 2 aromatic rings. The Morgan fingerprint density at radius 1 is 1.26 bits per heavy atom. The molecule has 5 heteroatoms. The minimum absolute atomic E-state index is 0.0857. The van der Waals surface area contributed by atoms with Gasteiger partial charge in [0.05, 0.1) is 6.54 Å². The Hall–Kier alpha value is -1.24. The number of benzene rings is 1. The van der Waals surface area contributed by atoms with E-state index in [-0.39, 0.29) is 5.56 Å². The SMILES string of the molecule is Cc1cc(=O)n(CC(F)(F)c2ccccc2)cc1I. The van der Waals surface area contributed by atoms with Crippen molar-refractivity contribution >= 4 is 22.6 Å². The predicted molar refractivity (Wildman–Crippen MR) is 78.5 cm³/mol. The van der Waals surface area contributed by atoms with E-state index in [1.165, 1.54) is 24.4 Å². The molecule has 1 heterocycles. The number of aryl methyl sites for hydroxylation is 1. The molecule has 0 spiro atoms. The van der Waals surface area contributed by atoms with Gasteiger partial charge in [0.15, 0.2) is 0 Å². The number of hydrogen-bond acceptors (Lipinski definition) is 1. The Kier molecular flexibility index (Phi) is 4.03. The molecule has 0 aliphatic rings. The topological polar surface area (TPSA) is 22.0 Å². The molecule has 0 amide bonds. The molecule has 0 aliphatic heterocycles. The molecule has 19 heavy (non-hydrogen) atoms. The number of pyridine rings is 1. The van der Waals surface area contributed by atoms with Crippen molar-refractivity contribution in [3.63, 3.8) is 0 Å². The summed E-state index contributed by atoms with van der Waals surface area (Å²) in [7, 11) is 0. The third-order valence-electron chi connectivity index (χ3n) is 2.83. The molecule has 1 aromatic heterocycles. The monoisotopic (exact) mass is 375 g/mol. The number of alkyl halides is 2. The molecule has 1 aromatic carbocycles. The molecule has 100 valence electrons. The quantitative estimate of drug-likeness (QED) is 0.753. The minimum atomic E-state index is -3.07. The van der Waals surface area contributed by atoms with Crippen molar-refractivity contribution in [1.29, 1.82) is 0 Å². The van der Waals surface area contributed by atoms with Crippen molar-refractivity contribution in [2.75, 3.05) is 0 Å². The lowest BCUT2D eigenvalue weighted by molar-refractivity contribution is -0.0232. The molecule has 0 unspecified atom stereocenters. The van der Waals surface area contributed by atoms with Gasteiger partial charge < -0.3 is 4.57 Å². The van der Waals surface area contributed by atoms with E-state index in [1.54, 1.807) is 25.1 Å². The normalized spacial score (nSPS) is 11.6. The second kappa shape index (κ2) is 5.40. The third kappa shape index (κ3) is 3.20. The highest BCUT2D eigenvalue weighted by Gasteiger charge is 2.32. The summed E-state index contributed by atoms with van der Waals surface area (Å²) < 4.78 is 30.0. The third-order valence-corrected chi connectivity index (χ3v) is 3.96. The second-order valence-corrected chi connectivity index (χ2v) is 5.50. The smallest absolute Gasteiger partial charge is 0.290 e. The Bertz CT molecular complexity index is 638. The van der Waals surface area contributed by atoms with Gasteiger partial charge in [-0.15, -0.1) is 0 Å². The van der Waals surface area contributed by atoms with Crippen LogP contribution in [0.15, 0.2) is 47.4 Å². The maximum Gasteiger partial charge on any atom is 0.290 e. The average molecular weight is 375 g/mol. The lowest BCUT2D eigenvalue weighted by Crippen LogP contribution is -2.29. The first-order valence-electron chi connectivity index (χ1n) is 5.70. The van der Waals surface area contributed by atoms with Crippen LogP contribution in [0.4, 0.5) is 8.78 Å². The van der Waals surface area contributed by atoms with Gasteiger partial charge in [-0.25, -0.2) is 0 Å². The van der Waals surface area contributed by atoms with E-state index in [1.807, 2.05) is 22.6 Å². The first-order chi connectivity index (χ1) is 8.90. The van der Waals surface area contributed by atoms with Crippen molar-refractivity contribution in [3.8, 4) is 0 Å². The summed E-state index contributed by atoms with van der Waals surface area (Å²) in [6.45, 7) is 1.13. The molecule has 0 N–H and O–H groups in total. The second-order valence-electron chi connectivity index (χ2n) is 4.34. The molecule has 0 saturated carbocycles. The van der Waals surface area contributed by atoms with Gasteiger partial charge in [-0.05, 0) is 35.1 Å². The number of hydrogen-bond donors (Lipinski definition) is 0. The van der Waals surface area contributed by atoms with E-state index in [4.69, 9.17) is 0 Å². The molecular formula is C14H12F2INO. The van der Waals surface area contributed by atoms with E-state index in [0.717, 1.165) is 13.7 Å². The Morgan fingerprint density at radius 3 is 2.53 bits per heavy atom. The Labute approximate surface area is 123 Å². The van der Waals surface area contributed by atoms with Crippen LogP contribution in [-0.4, -0.2) is 4.57 Å². The van der Waals surface area contributed by atoms with E-state index in [9.17, 15) is 13.6 Å². The molecule has 0 atom stereocenters. The predicted octanol–water partition coefficient (Wildman–Crippen LogP) is 3.55. The summed E-state index contributed by atoms with van der Waals surface area (Å²) in [4.78, 5) is 11.7. The Morgan fingerprint density at radius 2 is 1.89 bits per heavy atom. The van der Waals surface area contributed by atoms with E-state index in [0.29, 0.717) is 0 Å². The summed E-state index contributed by atoms with van der Waals surface area (Å²) in [6.07, 6.45) is 1.47. The highest BCUT2D eigenvalue weighted by Crippen LogP contribution is 2.29. The zero-order chi connectivity index (χ0) is 14.0. The van der Waals surface area contributed by atoms with Crippen LogP contribution in [0, 0.1) is 10.5 Å². The van der Waals surface area contributed by atoms with Crippen molar-refractivity contribution in [2.45, 2.75) is 19.4 Å². The lowest BCUT2D eigenvalue weighted by Gasteiger charge is -2.18. The first kappa shape index (κ1) is 14.2. The zero-order valence-electron chi connectivity index (χ0n) is 10.2. The molecule has 2 nitrogen and oxygen atoms in total. The number of aromatic nitrogens is 1. The summed E-state index contributed by atoms with van der Waals surface area (Å²) in [6, 6.07) is 8.91. The average Bonchev–Trinajstić information content (AvgIpc) is 2.37. The van der Waals surface area contributed by atoms with Crippen molar-refractivity contribution in [1.82, 2.24) is 4.57 Å². The van der Waals surface area contributed by atoms with Crippen LogP contribution in [0.3, 0.4) is 0 Å². The van der Waals surface area contributed by atoms with Crippen molar-refractivity contribution in [3.05, 3.63) is 67.6 Å². The first-order valence-corrected chi connectivity index (χ1v) is 6.78. The number of nitrogens with zero attached hydrogens (tertiary/aromatic N) is 1. The van der Waals surface area contributed by atoms with Crippen LogP contribution in [-0.2, 0) is 12.5 Å². The van der Waals surface area contributed by atoms with Gasteiger partial charge in [-0.2, -0.15) is 8.78 Å². The molecule has 0 aliphatic carbocycles. The fourth-order valence-electron chi connectivity index (χ4n) is 1.75. The van der Waals surface area contributed by atoms with Crippen LogP contribution < -0.4 is 5.56 Å². The van der Waals surface area contributed by atoms with Gasteiger partial charge in [-0.3, -0.25) is 4.79 Å². The summed E-state index contributed by atoms with van der Waals surface area (Å²) in [5.74, 6) is -3.07. The molecule has 2 rings (SSSR count). The van der Waals surface area contributed by atoms with Gasteiger partial charge >= 0.3 is 0 Å². The summed E-state index contributed by atoms with van der Waals surface area (Å²) in [5.41, 5.74) is 0.302. The minimum Gasteiger partial charge on any atom is -0.308 e. The maximum atomic E-state index is 14.1. The molecule has 0 radical (unpaired) electrons. The summed E-state index contributed by atoms with van der Waals surface area (Å²) in [5, 5.41) is 0. The van der Waals surface area contributed by atoms with E-state index >= 15 is 0 Å². The van der Waals surface area contributed by atoms with Crippen LogP contribution in [0.1, 0.15) is 11.1 Å². The van der Waals surface area contributed by atoms with Gasteiger partial charge in [0.25, 0.3) is 11.5 Å². The van der Waals surface area contributed by atoms with Gasteiger partial charge in [0.1, 0.15) is 0 Å². The van der Waals surface area contributed by atoms with Gasteiger partial charge in [0.2, 0.25) is 0 Å². The lowest BCUT2D eigenvalue weighted by atomic mass is 10.1. The van der Waals surface area contributed by atoms with Crippen LogP contribution >= 0.6 is 22.6 Å². The molecular weight excluding hydrogens is 363 g/mol. The highest BCUT2D eigenvalue weighted by atomic mass is 127. The van der Waals surface area contributed by atoms with Crippen LogP contribution in [0.5, 0.6) is 0 Å². The molecule has 0 saturated heterocycles. The van der Waals surface area contributed by atoms with E-state index in [2.05, 4.69) is 0 Å².